The van der Waals surface area contributed by atoms with Crippen LogP contribution in [0, 0.1) is 0 Å². The fourth-order valence-electron chi connectivity index (χ4n) is 2.40. The molecular weight excluding hydrogens is 356 g/mol. The molecule has 2 N–H and O–H groups in total. The Labute approximate surface area is 159 Å². The Bertz CT molecular complexity index is 709. The van der Waals surface area contributed by atoms with E-state index < -0.39 is 0 Å². The van der Waals surface area contributed by atoms with E-state index in [0.29, 0.717) is 16.1 Å². The van der Waals surface area contributed by atoms with E-state index >= 15 is 0 Å². The average Bonchev–Trinajstić information content (AvgIpc) is 2.57. The van der Waals surface area contributed by atoms with Crippen LogP contribution >= 0.6 is 23.8 Å². The van der Waals surface area contributed by atoms with Gasteiger partial charge in [-0.15, -0.1) is 10.2 Å². The maximum absolute atomic E-state index is 5.83. The zero-order chi connectivity index (χ0) is 18.4. The Morgan fingerprint density at radius 1 is 1.16 bits per heavy atom. The van der Waals surface area contributed by atoms with Crippen molar-refractivity contribution in [2.45, 2.75) is 46.6 Å². The van der Waals surface area contributed by atoms with Gasteiger partial charge in [0.05, 0.1) is 0 Å². The minimum Gasteiger partial charge on any atom is -0.438 e. The predicted octanol–water partition coefficient (Wildman–Crippen LogP) is 4.74. The van der Waals surface area contributed by atoms with E-state index in [0.717, 1.165) is 35.4 Å². The zero-order valence-electron chi connectivity index (χ0n) is 14.9. The van der Waals surface area contributed by atoms with Crippen LogP contribution in [0.25, 0.3) is 0 Å². The van der Waals surface area contributed by atoms with Crippen LogP contribution in [0.2, 0.25) is 5.15 Å². The molecule has 0 fully saturated rings. The molecule has 0 aliphatic rings. The lowest BCUT2D eigenvalue weighted by Crippen LogP contribution is -2.34. The average molecular weight is 379 g/mol. The summed E-state index contributed by atoms with van der Waals surface area (Å²) >= 11 is 11.2. The van der Waals surface area contributed by atoms with Crippen LogP contribution in [0.15, 0.2) is 24.3 Å². The lowest BCUT2D eigenvalue weighted by atomic mass is 10.0. The highest BCUT2D eigenvalue weighted by molar-refractivity contribution is 7.80. The number of aryl methyl sites for hydroxylation is 2. The number of benzene rings is 1. The maximum atomic E-state index is 5.83. The number of hydrogen-bond acceptors (Lipinski definition) is 4. The minimum atomic E-state index is 0.279. The van der Waals surface area contributed by atoms with Gasteiger partial charge in [-0.3, -0.25) is 0 Å². The molecule has 0 aliphatic carbocycles. The van der Waals surface area contributed by atoms with Crippen molar-refractivity contribution in [3.63, 3.8) is 0 Å². The molecule has 0 bridgehead atoms. The number of aromatic nitrogens is 2. The molecule has 1 heterocycles. The van der Waals surface area contributed by atoms with Gasteiger partial charge in [0.25, 0.3) is 0 Å². The third-order valence-corrected chi connectivity index (χ3v) is 3.95. The van der Waals surface area contributed by atoms with E-state index in [-0.39, 0.29) is 6.04 Å². The summed E-state index contributed by atoms with van der Waals surface area (Å²) in [6, 6.07) is 7.62. The van der Waals surface area contributed by atoms with Crippen LogP contribution in [0.4, 0.5) is 5.69 Å². The molecular formula is C18H23ClN4OS. The summed E-state index contributed by atoms with van der Waals surface area (Å²) in [5.41, 5.74) is 3.30. The van der Waals surface area contributed by atoms with Gasteiger partial charge in [-0.2, -0.15) is 0 Å². The van der Waals surface area contributed by atoms with Crippen molar-refractivity contribution in [2.75, 3.05) is 5.32 Å². The van der Waals surface area contributed by atoms with Crippen molar-refractivity contribution < 1.29 is 4.74 Å². The topological polar surface area (TPSA) is 59.1 Å². The fraction of sp³-hybridized carbons (Fsp3) is 0.389. The number of ether oxygens (including phenoxy) is 1. The highest BCUT2D eigenvalue weighted by Gasteiger charge is 2.12. The normalized spacial score (nSPS) is 10.6. The number of nitrogens with one attached hydrogen (secondary N) is 2. The SMILES string of the molecule is CCc1cc(Oc2ccc(Cl)nn2)cc(CC)c1NC(=S)NC(C)C. The smallest absolute Gasteiger partial charge is 0.238 e. The molecule has 0 radical (unpaired) electrons. The highest BCUT2D eigenvalue weighted by Crippen LogP contribution is 2.31. The van der Waals surface area contributed by atoms with Crippen LogP contribution in [0.5, 0.6) is 11.6 Å². The molecule has 25 heavy (non-hydrogen) atoms. The molecule has 134 valence electrons. The third kappa shape index (κ3) is 5.54. The standard InChI is InChI=1S/C18H23ClN4OS/c1-5-12-9-14(24-16-8-7-15(19)22-23-16)10-13(6-2)17(12)21-18(25)20-11(3)4/h7-11H,5-6H2,1-4H3,(H2,20,21,25). The summed E-state index contributed by atoms with van der Waals surface area (Å²) in [5, 5.41) is 15.2. The van der Waals surface area contributed by atoms with Crippen LogP contribution < -0.4 is 15.4 Å². The molecule has 0 unspecified atom stereocenters. The summed E-state index contributed by atoms with van der Waals surface area (Å²) < 4.78 is 5.83. The molecule has 0 aliphatic heterocycles. The largest absolute Gasteiger partial charge is 0.438 e. The Morgan fingerprint density at radius 2 is 1.80 bits per heavy atom. The molecule has 1 aromatic carbocycles. The molecule has 1 aromatic heterocycles. The zero-order valence-corrected chi connectivity index (χ0v) is 16.5. The van der Waals surface area contributed by atoms with Crippen molar-refractivity contribution in [1.29, 1.82) is 0 Å². The quantitative estimate of drug-likeness (QED) is 0.708. The Morgan fingerprint density at radius 3 is 2.28 bits per heavy atom. The second kappa shape index (κ2) is 8.97. The van der Waals surface area contributed by atoms with Gasteiger partial charge in [0.1, 0.15) is 5.75 Å². The van der Waals surface area contributed by atoms with E-state index in [1.807, 2.05) is 12.1 Å². The summed E-state index contributed by atoms with van der Waals surface area (Å²) in [5.74, 6) is 1.13. The highest BCUT2D eigenvalue weighted by atomic mass is 35.5. The summed E-state index contributed by atoms with van der Waals surface area (Å²) in [6.45, 7) is 8.31. The number of hydrogen-bond donors (Lipinski definition) is 2. The van der Waals surface area contributed by atoms with Gasteiger partial charge < -0.3 is 15.4 Å². The Kier molecular flexibility index (Phi) is 6.96. The minimum absolute atomic E-state index is 0.279. The number of thiocarbonyl (C=S) groups is 1. The molecule has 0 atom stereocenters. The number of nitrogens with zero attached hydrogens (tertiary/aromatic N) is 2. The van der Waals surface area contributed by atoms with Crippen LogP contribution in [-0.4, -0.2) is 21.4 Å². The van der Waals surface area contributed by atoms with Crippen molar-refractivity contribution in [1.82, 2.24) is 15.5 Å². The maximum Gasteiger partial charge on any atom is 0.238 e. The third-order valence-electron chi connectivity index (χ3n) is 3.53. The first-order chi connectivity index (χ1) is 11.9. The van der Waals surface area contributed by atoms with Gasteiger partial charge in [0.15, 0.2) is 10.3 Å². The molecule has 0 amide bonds. The molecule has 0 saturated heterocycles. The van der Waals surface area contributed by atoms with Crippen molar-refractivity contribution in [3.05, 3.63) is 40.5 Å². The lowest BCUT2D eigenvalue weighted by molar-refractivity contribution is 0.454. The van der Waals surface area contributed by atoms with Crippen molar-refractivity contribution in [2.24, 2.45) is 0 Å². The van der Waals surface area contributed by atoms with Gasteiger partial charge in [-0.05, 0) is 68.2 Å². The van der Waals surface area contributed by atoms with E-state index in [9.17, 15) is 0 Å². The lowest BCUT2D eigenvalue weighted by Gasteiger charge is -2.19. The molecule has 0 spiro atoms. The van der Waals surface area contributed by atoms with Crippen LogP contribution in [0.3, 0.4) is 0 Å². The molecule has 7 heteroatoms. The second-order valence-electron chi connectivity index (χ2n) is 5.87. The monoisotopic (exact) mass is 378 g/mol. The summed E-state index contributed by atoms with van der Waals surface area (Å²) in [6.07, 6.45) is 1.70. The van der Waals surface area contributed by atoms with Gasteiger partial charge in [-0.25, -0.2) is 0 Å². The van der Waals surface area contributed by atoms with Gasteiger partial charge in [-0.1, -0.05) is 25.4 Å². The molecule has 2 rings (SSSR count). The van der Waals surface area contributed by atoms with Crippen LogP contribution in [-0.2, 0) is 12.8 Å². The predicted molar refractivity (Wildman–Crippen MR) is 107 cm³/mol. The van der Waals surface area contributed by atoms with Gasteiger partial charge >= 0.3 is 0 Å². The van der Waals surface area contributed by atoms with E-state index in [4.69, 9.17) is 28.6 Å². The second-order valence-corrected chi connectivity index (χ2v) is 6.67. The van der Waals surface area contributed by atoms with Gasteiger partial charge in [0, 0.05) is 17.8 Å². The fourth-order valence-corrected chi connectivity index (χ4v) is 2.84. The van der Waals surface area contributed by atoms with Crippen LogP contribution in [0.1, 0.15) is 38.8 Å². The van der Waals surface area contributed by atoms with Crippen molar-refractivity contribution in [3.8, 4) is 11.6 Å². The van der Waals surface area contributed by atoms with Gasteiger partial charge in [0.2, 0.25) is 5.88 Å². The number of rotatable bonds is 6. The van der Waals surface area contributed by atoms with E-state index in [1.54, 1.807) is 12.1 Å². The first-order valence-electron chi connectivity index (χ1n) is 8.33. The summed E-state index contributed by atoms with van der Waals surface area (Å²) in [4.78, 5) is 0. The molecule has 5 nitrogen and oxygen atoms in total. The number of halogens is 1. The summed E-state index contributed by atoms with van der Waals surface area (Å²) in [7, 11) is 0. The van der Waals surface area contributed by atoms with E-state index in [2.05, 4.69) is 48.5 Å². The van der Waals surface area contributed by atoms with E-state index in [1.165, 1.54) is 0 Å². The van der Waals surface area contributed by atoms with Crippen molar-refractivity contribution >= 4 is 34.6 Å². The molecule has 2 aromatic rings. The Balaban J connectivity index is 2.29. The first-order valence-corrected chi connectivity index (χ1v) is 9.11. The molecule has 0 saturated carbocycles. The Hall–Kier alpha value is -1.92. The first kappa shape index (κ1) is 19.4. The number of anilines is 1.